The van der Waals surface area contributed by atoms with E-state index >= 15 is 0 Å². The van der Waals surface area contributed by atoms with E-state index in [-0.39, 0.29) is 5.54 Å². The van der Waals surface area contributed by atoms with Crippen LogP contribution in [-0.2, 0) is 0 Å². The van der Waals surface area contributed by atoms with Crippen LogP contribution in [-0.4, -0.2) is 35.6 Å². The zero-order valence-electron chi connectivity index (χ0n) is 11.7. The number of nitrogens with zero attached hydrogens (tertiary/aromatic N) is 1. The normalized spacial score (nSPS) is 35.4. The molecule has 0 bridgehead atoms. The lowest BCUT2D eigenvalue weighted by atomic mass is 9.98. The van der Waals surface area contributed by atoms with Crippen molar-refractivity contribution < 1.29 is 0 Å². The maximum absolute atomic E-state index is 3.63. The predicted octanol–water partition coefficient (Wildman–Crippen LogP) is 2.61. The number of benzene rings is 1. The average molecular weight is 244 g/mol. The van der Waals surface area contributed by atoms with Gasteiger partial charge in [0.15, 0.2) is 0 Å². The van der Waals surface area contributed by atoms with Gasteiger partial charge >= 0.3 is 0 Å². The second-order valence-corrected chi connectivity index (χ2v) is 6.61. The quantitative estimate of drug-likeness (QED) is 0.860. The van der Waals surface area contributed by atoms with Gasteiger partial charge in [0.25, 0.3) is 0 Å². The Bertz CT molecular complexity index is 412. The number of piperazine rings is 1. The molecule has 98 valence electrons. The molecule has 0 spiro atoms. The van der Waals surface area contributed by atoms with Crippen LogP contribution in [0.2, 0.25) is 0 Å². The Morgan fingerprint density at radius 2 is 1.94 bits per heavy atom. The van der Waals surface area contributed by atoms with E-state index < -0.39 is 0 Å². The number of hydrogen-bond donors (Lipinski definition) is 1. The second-order valence-electron chi connectivity index (χ2n) is 6.61. The highest BCUT2D eigenvalue weighted by atomic mass is 15.3. The molecule has 18 heavy (non-hydrogen) atoms. The van der Waals surface area contributed by atoms with E-state index in [1.54, 1.807) is 0 Å². The predicted molar refractivity (Wildman–Crippen MR) is 75.8 cm³/mol. The van der Waals surface area contributed by atoms with Gasteiger partial charge in [0.05, 0.1) is 0 Å². The molecule has 1 aromatic carbocycles. The fourth-order valence-corrected chi connectivity index (χ4v) is 3.26. The molecule has 0 aromatic heterocycles. The third-order valence-corrected chi connectivity index (χ3v) is 4.43. The van der Waals surface area contributed by atoms with Crippen LogP contribution in [0.5, 0.6) is 0 Å². The van der Waals surface area contributed by atoms with Crippen molar-refractivity contribution >= 4 is 0 Å². The van der Waals surface area contributed by atoms with Crippen molar-refractivity contribution in [2.24, 2.45) is 0 Å². The Morgan fingerprint density at radius 1 is 1.22 bits per heavy atom. The zero-order valence-corrected chi connectivity index (χ0v) is 11.7. The van der Waals surface area contributed by atoms with Crippen LogP contribution in [0.1, 0.15) is 38.7 Å². The minimum absolute atomic E-state index is 0.260. The minimum Gasteiger partial charge on any atom is -0.309 e. The molecular formula is C16H24N2. The molecule has 3 atom stereocenters. The summed E-state index contributed by atoms with van der Waals surface area (Å²) in [5.41, 5.74) is 1.78. The maximum Gasteiger partial charge on any atom is 0.0253 e. The van der Waals surface area contributed by atoms with Gasteiger partial charge in [0, 0.05) is 36.6 Å². The monoisotopic (exact) mass is 244 g/mol. The van der Waals surface area contributed by atoms with Gasteiger partial charge in [0.1, 0.15) is 0 Å². The first-order valence-corrected chi connectivity index (χ1v) is 7.12. The van der Waals surface area contributed by atoms with Crippen molar-refractivity contribution in [3.63, 3.8) is 0 Å². The molecule has 1 aliphatic carbocycles. The SMILES string of the molecule is CC1CNC(C)(C)CN1C1CC1c1ccccc1. The van der Waals surface area contributed by atoms with Gasteiger partial charge in [-0.15, -0.1) is 0 Å². The number of nitrogens with one attached hydrogen (secondary N) is 1. The third kappa shape index (κ3) is 2.32. The molecule has 2 aliphatic rings. The molecule has 2 fully saturated rings. The summed E-state index contributed by atoms with van der Waals surface area (Å²) < 4.78 is 0. The van der Waals surface area contributed by atoms with E-state index in [0.29, 0.717) is 6.04 Å². The van der Waals surface area contributed by atoms with Gasteiger partial charge in [-0.05, 0) is 32.8 Å². The Morgan fingerprint density at radius 3 is 2.67 bits per heavy atom. The Labute approximate surface area is 110 Å². The van der Waals surface area contributed by atoms with Crippen LogP contribution in [0, 0.1) is 0 Å². The van der Waals surface area contributed by atoms with Crippen molar-refractivity contribution in [3.05, 3.63) is 35.9 Å². The lowest BCUT2D eigenvalue weighted by molar-refractivity contribution is 0.0952. The van der Waals surface area contributed by atoms with Crippen molar-refractivity contribution in [2.75, 3.05) is 13.1 Å². The summed E-state index contributed by atoms with van der Waals surface area (Å²) in [7, 11) is 0. The van der Waals surface area contributed by atoms with Crippen molar-refractivity contribution in [1.82, 2.24) is 10.2 Å². The van der Waals surface area contributed by atoms with Crippen molar-refractivity contribution in [1.29, 1.82) is 0 Å². The first kappa shape index (κ1) is 12.2. The highest BCUT2D eigenvalue weighted by Crippen LogP contribution is 2.46. The van der Waals surface area contributed by atoms with E-state index in [4.69, 9.17) is 0 Å². The van der Waals surface area contributed by atoms with Crippen LogP contribution < -0.4 is 5.32 Å². The van der Waals surface area contributed by atoms with Gasteiger partial charge < -0.3 is 5.32 Å². The fraction of sp³-hybridized carbons (Fsp3) is 0.625. The summed E-state index contributed by atoms with van der Waals surface area (Å²) >= 11 is 0. The molecule has 1 saturated heterocycles. The Balaban J connectivity index is 1.70. The highest BCUT2D eigenvalue weighted by molar-refractivity contribution is 5.28. The molecular weight excluding hydrogens is 220 g/mol. The molecule has 1 N–H and O–H groups in total. The molecule has 2 heteroatoms. The first-order valence-electron chi connectivity index (χ1n) is 7.12. The van der Waals surface area contributed by atoms with Crippen LogP contribution in [0.25, 0.3) is 0 Å². The lowest BCUT2D eigenvalue weighted by Crippen LogP contribution is -2.61. The van der Waals surface area contributed by atoms with Crippen LogP contribution in [0.4, 0.5) is 0 Å². The summed E-state index contributed by atoms with van der Waals surface area (Å²) in [6, 6.07) is 12.4. The zero-order chi connectivity index (χ0) is 12.8. The smallest absolute Gasteiger partial charge is 0.0253 e. The molecule has 0 radical (unpaired) electrons. The maximum atomic E-state index is 3.63. The van der Waals surface area contributed by atoms with Crippen LogP contribution in [0.15, 0.2) is 30.3 Å². The summed E-state index contributed by atoms with van der Waals surface area (Å²) in [5, 5.41) is 3.63. The largest absolute Gasteiger partial charge is 0.309 e. The molecule has 3 unspecified atom stereocenters. The van der Waals surface area contributed by atoms with Gasteiger partial charge in [-0.25, -0.2) is 0 Å². The van der Waals surface area contributed by atoms with Gasteiger partial charge in [-0.3, -0.25) is 4.90 Å². The van der Waals surface area contributed by atoms with Crippen molar-refractivity contribution in [2.45, 2.75) is 50.7 Å². The first-order chi connectivity index (χ1) is 8.57. The average Bonchev–Trinajstić information content (AvgIpc) is 3.14. The van der Waals surface area contributed by atoms with E-state index in [2.05, 4.69) is 61.3 Å². The molecule has 0 amide bonds. The van der Waals surface area contributed by atoms with E-state index in [1.807, 2.05) is 0 Å². The van der Waals surface area contributed by atoms with E-state index in [0.717, 1.165) is 18.5 Å². The molecule has 1 heterocycles. The number of hydrogen-bond acceptors (Lipinski definition) is 2. The summed E-state index contributed by atoms with van der Waals surface area (Å²) in [6.45, 7) is 9.26. The summed E-state index contributed by atoms with van der Waals surface area (Å²) in [4.78, 5) is 2.72. The van der Waals surface area contributed by atoms with E-state index in [9.17, 15) is 0 Å². The Hall–Kier alpha value is -0.860. The van der Waals surface area contributed by atoms with Gasteiger partial charge in [0.2, 0.25) is 0 Å². The van der Waals surface area contributed by atoms with E-state index in [1.165, 1.54) is 18.5 Å². The lowest BCUT2D eigenvalue weighted by Gasteiger charge is -2.44. The molecule has 1 saturated carbocycles. The fourth-order valence-electron chi connectivity index (χ4n) is 3.26. The standard InChI is InChI=1S/C16H24N2/c1-12-10-17-16(2,3)11-18(12)15-9-14(15)13-7-5-4-6-8-13/h4-8,12,14-15,17H,9-11H2,1-3H3. The highest BCUT2D eigenvalue weighted by Gasteiger charge is 2.46. The molecule has 1 aromatic rings. The Kier molecular flexibility index (Phi) is 2.95. The van der Waals surface area contributed by atoms with Crippen LogP contribution in [0.3, 0.4) is 0 Å². The molecule has 3 rings (SSSR count). The molecule has 2 nitrogen and oxygen atoms in total. The van der Waals surface area contributed by atoms with Crippen molar-refractivity contribution in [3.8, 4) is 0 Å². The second kappa shape index (κ2) is 4.36. The van der Waals surface area contributed by atoms with Gasteiger partial charge in [-0.2, -0.15) is 0 Å². The topological polar surface area (TPSA) is 15.3 Å². The minimum atomic E-state index is 0.260. The van der Waals surface area contributed by atoms with Gasteiger partial charge in [-0.1, -0.05) is 30.3 Å². The third-order valence-electron chi connectivity index (χ3n) is 4.43. The summed E-state index contributed by atoms with van der Waals surface area (Å²) in [5.74, 6) is 0.766. The number of rotatable bonds is 2. The molecule has 1 aliphatic heterocycles. The van der Waals surface area contributed by atoms with Crippen LogP contribution >= 0.6 is 0 Å². The summed E-state index contributed by atoms with van der Waals surface area (Å²) in [6.07, 6.45) is 1.34.